The van der Waals surface area contributed by atoms with E-state index in [4.69, 9.17) is 4.74 Å². The molecule has 0 fully saturated rings. The number of unbranched alkanes of at least 4 members (excludes halogenated alkanes) is 3. The van der Waals surface area contributed by atoms with Crippen molar-refractivity contribution in [2.24, 2.45) is 0 Å². The van der Waals surface area contributed by atoms with Gasteiger partial charge in [0, 0.05) is 13.0 Å². The molecule has 0 atom stereocenters. The highest BCUT2D eigenvalue weighted by Gasteiger charge is 2.11. The second-order valence-electron chi connectivity index (χ2n) is 6.45. The zero-order valence-electron chi connectivity index (χ0n) is 15.7. The SMILES string of the molecule is CCCCCOC(=O)c1ccc(Cn2c(C=O)cnc2CCCC)cc1. The van der Waals surface area contributed by atoms with Gasteiger partial charge in [-0.3, -0.25) is 4.79 Å². The molecule has 0 saturated heterocycles. The van der Waals surface area contributed by atoms with E-state index in [1.165, 1.54) is 0 Å². The van der Waals surface area contributed by atoms with E-state index in [-0.39, 0.29) is 5.97 Å². The molecule has 0 spiro atoms. The summed E-state index contributed by atoms with van der Waals surface area (Å²) in [6, 6.07) is 7.36. The van der Waals surface area contributed by atoms with E-state index in [0.717, 1.165) is 56.2 Å². The number of aldehydes is 1. The first kappa shape index (κ1) is 19.9. The lowest BCUT2D eigenvalue weighted by Crippen LogP contribution is -2.10. The predicted molar refractivity (Wildman–Crippen MR) is 102 cm³/mol. The molecule has 26 heavy (non-hydrogen) atoms. The van der Waals surface area contributed by atoms with Crippen LogP contribution in [0.1, 0.15) is 78.2 Å². The van der Waals surface area contributed by atoms with E-state index >= 15 is 0 Å². The molecule has 2 rings (SSSR count). The first-order chi connectivity index (χ1) is 12.7. The van der Waals surface area contributed by atoms with Gasteiger partial charge < -0.3 is 9.30 Å². The van der Waals surface area contributed by atoms with Crippen LogP contribution in [-0.4, -0.2) is 28.4 Å². The van der Waals surface area contributed by atoms with Gasteiger partial charge in [-0.25, -0.2) is 9.78 Å². The Morgan fingerprint density at radius 1 is 1.12 bits per heavy atom. The summed E-state index contributed by atoms with van der Waals surface area (Å²) in [5.41, 5.74) is 2.15. The van der Waals surface area contributed by atoms with Crippen molar-refractivity contribution in [3.05, 3.63) is 53.1 Å². The molecule has 140 valence electrons. The van der Waals surface area contributed by atoms with E-state index < -0.39 is 0 Å². The molecular weight excluding hydrogens is 328 g/mol. The van der Waals surface area contributed by atoms with E-state index in [0.29, 0.717) is 24.4 Å². The number of aromatic nitrogens is 2. The number of ether oxygens (including phenoxy) is 1. The highest BCUT2D eigenvalue weighted by Crippen LogP contribution is 2.13. The quantitative estimate of drug-likeness (QED) is 0.339. The number of rotatable bonds is 11. The highest BCUT2D eigenvalue weighted by molar-refractivity contribution is 5.89. The fourth-order valence-corrected chi connectivity index (χ4v) is 2.77. The summed E-state index contributed by atoms with van der Waals surface area (Å²) in [5.74, 6) is 0.640. The Morgan fingerprint density at radius 3 is 2.50 bits per heavy atom. The third-order valence-electron chi connectivity index (χ3n) is 4.36. The minimum atomic E-state index is -0.285. The van der Waals surface area contributed by atoms with Crippen LogP contribution in [0.2, 0.25) is 0 Å². The summed E-state index contributed by atoms with van der Waals surface area (Å²) in [7, 11) is 0. The van der Waals surface area contributed by atoms with Crippen LogP contribution in [0.3, 0.4) is 0 Å². The van der Waals surface area contributed by atoms with Crippen molar-refractivity contribution >= 4 is 12.3 Å². The summed E-state index contributed by atoms with van der Waals surface area (Å²) in [4.78, 5) is 27.7. The largest absolute Gasteiger partial charge is 0.462 e. The number of carbonyl (C=O) groups is 2. The van der Waals surface area contributed by atoms with Gasteiger partial charge in [-0.2, -0.15) is 0 Å². The Hall–Kier alpha value is -2.43. The lowest BCUT2D eigenvalue weighted by atomic mass is 10.1. The molecule has 0 bridgehead atoms. The van der Waals surface area contributed by atoms with Crippen LogP contribution in [0.4, 0.5) is 0 Å². The van der Waals surface area contributed by atoms with Gasteiger partial charge >= 0.3 is 5.97 Å². The summed E-state index contributed by atoms with van der Waals surface area (Å²) in [5, 5.41) is 0. The molecule has 2 aromatic rings. The number of hydrogen-bond acceptors (Lipinski definition) is 4. The standard InChI is InChI=1S/C21H28N2O3/c1-3-5-7-13-26-21(25)18-11-9-17(10-12-18)15-23-19(16-24)14-22-20(23)8-6-4-2/h9-12,14,16H,3-8,13,15H2,1-2H3. The minimum absolute atomic E-state index is 0.285. The van der Waals surface area contributed by atoms with Gasteiger partial charge in [-0.05, 0) is 30.5 Å². The van der Waals surface area contributed by atoms with Crippen molar-refractivity contribution in [1.82, 2.24) is 9.55 Å². The average molecular weight is 356 g/mol. The van der Waals surface area contributed by atoms with Crippen LogP contribution in [0, 0.1) is 0 Å². The first-order valence-electron chi connectivity index (χ1n) is 9.45. The molecule has 1 aromatic carbocycles. The molecule has 0 radical (unpaired) electrons. The molecular formula is C21H28N2O3. The van der Waals surface area contributed by atoms with Crippen molar-refractivity contribution in [2.45, 2.75) is 58.9 Å². The monoisotopic (exact) mass is 356 g/mol. The molecule has 0 aliphatic carbocycles. The van der Waals surface area contributed by atoms with Gasteiger partial charge in [0.15, 0.2) is 6.29 Å². The lowest BCUT2D eigenvalue weighted by molar-refractivity contribution is 0.0498. The molecule has 0 amide bonds. The van der Waals surface area contributed by atoms with Gasteiger partial charge in [0.25, 0.3) is 0 Å². The van der Waals surface area contributed by atoms with Crippen molar-refractivity contribution in [1.29, 1.82) is 0 Å². The van der Waals surface area contributed by atoms with E-state index in [9.17, 15) is 9.59 Å². The topological polar surface area (TPSA) is 61.2 Å². The smallest absolute Gasteiger partial charge is 0.338 e. The van der Waals surface area contributed by atoms with Crippen LogP contribution in [0.15, 0.2) is 30.5 Å². The number of nitrogens with zero attached hydrogens (tertiary/aromatic N) is 2. The minimum Gasteiger partial charge on any atom is -0.462 e. The average Bonchev–Trinajstić information content (AvgIpc) is 3.05. The Morgan fingerprint density at radius 2 is 1.85 bits per heavy atom. The van der Waals surface area contributed by atoms with Crippen LogP contribution in [-0.2, 0) is 17.7 Å². The normalized spacial score (nSPS) is 10.7. The molecule has 0 N–H and O–H groups in total. The Labute approximate surface area is 155 Å². The molecule has 0 aliphatic heterocycles. The van der Waals surface area contributed by atoms with Gasteiger partial charge in [-0.1, -0.05) is 45.2 Å². The molecule has 1 heterocycles. The van der Waals surface area contributed by atoms with Crippen molar-refractivity contribution in [3.8, 4) is 0 Å². The molecule has 0 aliphatic rings. The van der Waals surface area contributed by atoms with Gasteiger partial charge in [0.2, 0.25) is 0 Å². The van der Waals surface area contributed by atoms with Crippen LogP contribution in [0.5, 0.6) is 0 Å². The number of benzene rings is 1. The summed E-state index contributed by atoms with van der Waals surface area (Å²) < 4.78 is 7.22. The van der Waals surface area contributed by atoms with E-state index in [1.807, 2.05) is 16.7 Å². The maximum atomic E-state index is 12.0. The third-order valence-corrected chi connectivity index (χ3v) is 4.36. The maximum absolute atomic E-state index is 12.0. The second kappa shape index (κ2) is 10.5. The van der Waals surface area contributed by atoms with Gasteiger partial charge in [-0.15, -0.1) is 0 Å². The van der Waals surface area contributed by atoms with Crippen molar-refractivity contribution < 1.29 is 14.3 Å². The Kier molecular flexibility index (Phi) is 8.06. The zero-order valence-corrected chi connectivity index (χ0v) is 15.7. The first-order valence-corrected chi connectivity index (χ1v) is 9.45. The van der Waals surface area contributed by atoms with Gasteiger partial charge in [0.05, 0.1) is 18.4 Å². The van der Waals surface area contributed by atoms with E-state index in [1.54, 1.807) is 18.3 Å². The van der Waals surface area contributed by atoms with E-state index in [2.05, 4.69) is 18.8 Å². The summed E-state index contributed by atoms with van der Waals surface area (Å²) >= 11 is 0. The van der Waals surface area contributed by atoms with Crippen LogP contribution >= 0.6 is 0 Å². The molecule has 5 nitrogen and oxygen atoms in total. The summed E-state index contributed by atoms with van der Waals surface area (Å²) in [6.45, 7) is 5.28. The third kappa shape index (κ3) is 5.55. The Bertz CT molecular complexity index is 705. The molecule has 5 heteroatoms. The number of aryl methyl sites for hydroxylation is 1. The zero-order chi connectivity index (χ0) is 18.8. The lowest BCUT2D eigenvalue weighted by Gasteiger charge is -2.10. The predicted octanol–water partition coefficient (Wildman–Crippen LogP) is 4.43. The van der Waals surface area contributed by atoms with Crippen molar-refractivity contribution in [2.75, 3.05) is 6.61 Å². The molecule has 1 aromatic heterocycles. The second-order valence-corrected chi connectivity index (χ2v) is 6.45. The maximum Gasteiger partial charge on any atom is 0.338 e. The highest BCUT2D eigenvalue weighted by atomic mass is 16.5. The molecule has 0 unspecified atom stereocenters. The number of imidazole rings is 1. The number of carbonyl (C=O) groups excluding carboxylic acids is 2. The fraction of sp³-hybridized carbons (Fsp3) is 0.476. The summed E-state index contributed by atoms with van der Waals surface area (Å²) in [6.07, 6.45) is 8.50. The van der Waals surface area contributed by atoms with Gasteiger partial charge in [0.1, 0.15) is 11.5 Å². The number of esters is 1. The number of hydrogen-bond donors (Lipinski definition) is 0. The fourth-order valence-electron chi connectivity index (χ4n) is 2.77. The molecule has 0 saturated carbocycles. The van der Waals surface area contributed by atoms with Crippen LogP contribution in [0.25, 0.3) is 0 Å². The van der Waals surface area contributed by atoms with Crippen LogP contribution < -0.4 is 0 Å². The van der Waals surface area contributed by atoms with Crippen molar-refractivity contribution in [3.63, 3.8) is 0 Å². The Balaban J connectivity index is 2.02.